The summed E-state index contributed by atoms with van der Waals surface area (Å²) in [6, 6.07) is 31.4. The maximum atomic E-state index is 6.48. The molecule has 5 rings (SSSR count). The zero-order valence-corrected chi connectivity index (χ0v) is 19.5. The van der Waals surface area contributed by atoms with Crippen LogP contribution in [0.15, 0.2) is 97.2 Å². The van der Waals surface area contributed by atoms with Crippen LogP contribution < -0.4 is 18.4 Å². The molecule has 33 heavy (non-hydrogen) atoms. The fourth-order valence-electron chi connectivity index (χ4n) is 4.44. The Kier molecular flexibility index (Phi) is 5.35. The molecule has 4 nitrogen and oxygen atoms in total. The lowest BCUT2D eigenvalue weighted by molar-refractivity contribution is -0.692. The van der Waals surface area contributed by atoms with E-state index in [9.17, 15) is 0 Å². The van der Waals surface area contributed by atoms with Gasteiger partial charge in [0, 0.05) is 41.3 Å². The largest absolute Gasteiger partial charge is 0.405 e. The highest BCUT2D eigenvalue weighted by Crippen LogP contribution is 2.31. The molecule has 0 N–H and O–H groups in total. The second-order valence-corrected chi connectivity index (χ2v) is 8.37. The van der Waals surface area contributed by atoms with Gasteiger partial charge in [-0.05, 0) is 43.3 Å². The molecule has 0 fully saturated rings. The van der Waals surface area contributed by atoms with Crippen molar-refractivity contribution >= 4 is 10.9 Å². The van der Waals surface area contributed by atoms with Crippen LogP contribution in [-0.4, -0.2) is 0 Å². The number of aryl methyl sites for hydroxylation is 2. The van der Waals surface area contributed by atoms with E-state index in [1.165, 1.54) is 10.9 Å². The summed E-state index contributed by atoms with van der Waals surface area (Å²) < 4.78 is 12.9. The lowest BCUT2D eigenvalue weighted by atomic mass is 10.0. The molecular weight excluding hydrogens is 406 g/mol. The number of benzene rings is 2. The molecule has 0 aliphatic heterocycles. The van der Waals surface area contributed by atoms with E-state index in [0.717, 1.165) is 39.8 Å². The molecule has 5 aromatic rings. The molecule has 0 radical (unpaired) electrons. The van der Waals surface area contributed by atoms with Crippen LogP contribution in [0.4, 0.5) is 0 Å². The molecule has 162 valence electrons. The Labute approximate surface area is 194 Å². The van der Waals surface area contributed by atoms with Gasteiger partial charge in [0.1, 0.15) is 26.9 Å². The predicted octanol–water partition coefficient (Wildman–Crippen LogP) is 4.75. The van der Waals surface area contributed by atoms with E-state index in [1.807, 2.05) is 31.3 Å². The van der Waals surface area contributed by atoms with Crippen molar-refractivity contribution < 1.29 is 18.4 Å². The minimum absolute atomic E-state index is 0.791. The Bertz CT molecular complexity index is 1490. The van der Waals surface area contributed by atoms with Gasteiger partial charge in [-0.25, -0.2) is 0 Å². The lowest BCUT2D eigenvalue weighted by Gasteiger charge is -2.11. The zero-order valence-electron chi connectivity index (χ0n) is 19.5. The molecule has 0 unspecified atom stereocenters. The average Bonchev–Trinajstić information content (AvgIpc) is 2.83. The third-order valence-corrected chi connectivity index (χ3v) is 6.36. The number of fused-ring (bicyclic) bond motifs is 1. The first-order valence-corrected chi connectivity index (χ1v) is 11.1. The van der Waals surface area contributed by atoms with E-state index in [4.69, 9.17) is 4.74 Å². The second kappa shape index (κ2) is 8.47. The van der Waals surface area contributed by atoms with Crippen molar-refractivity contribution in [2.75, 3.05) is 0 Å². The number of ether oxygens (including phenoxy) is 1. The van der Waals surface area contributed by atoms with E-state index < -0.39 is 0 Å². The summed E-state index contributed by atoms with van der Waals surface area (Å²) in [4.78, 5) is 0. The van der Waals surface area contributed by atoms with Crippen LogP contribution in [0.1, 0.15) is 5.56 Å². The van der Waals surface area contributed by atoms with Crippen molar-refractivity contribution in [3.8, 4) is 34.3 Å². The summed E-state index contributed by atoms with van der Waals surface area (Å²) in [6.07, 6.45) is 2.06. The van der Waals surface area contributed by atoms with E-state index in [0.29, 0.717) is 0 Å². The highest BCUT2D eigenvalue weighted by Gasteiger charge is 2.24. The molecule has 0 amide bonds. The Morgan fingerprint density at radius 3 is 2.21 bits per heavy atom. The average molecular weight is 435 g/mol. The van der Waals surface area contributed by atoms with Gasteiger partial charge in [0.05, 0.1) is 11.6 Å². The fourth-order valence-corrected chi connectivity index (χ4v) is 4.44. The van der Waals surface area contributed by atoms with E-state index in [1.54, 1.807) is 0 Å². The maximum absolute atomic E-state index is 6.48. The van der Waals surface area contributed by atoms with Gasteiger partial charge < -0.3 is 4.74 Å². The second-order valence-electron chi connectivity index (χ2n) is 8.37. The smallest absolute Gasteiger partial charge is 0.373 e. The molecule has 2 aromatic carbocycles. The van der Waals surface area contributed by atoms with E-state index in [-0.39, 0.29) is 0 Å². The van der Waals surface area contributed by atoms with Crippen LogP contribution >= 0.6 is 0 Å². The normalized spacial score (nSPS) is 11.0. The summed E-state index contributed by atoms with van der Waals surface area (Å²) in [7, 11) is 6.22. The van der Waals surface area contributed by atoms with Gasteiger partial charge in [-0.3, -0.25) is 0 Å². The zero-order chi connectivity index (χ0) is 22.9. The Balaban J connectivity index is 1.56. The van der Waals surface area contributed by atoms with Gasteiger partial charge in [-0.2, -0.15) is 13.7 Å². The summed E-state index contributed by atoms with van der Waals surface area (Å²) in [5, 5.41) is 1.23. The topological polar surface area (TPSA) is 20.9 Å². The molecule has 0 aliphatic rings. The van der Waals surface area contributed by atoms with Crippen LogP contribution in [0.3, 0.4) is 0 Å². The number of aromatic nitrogens is 3. The van der Waals surface area contributed by atoms with Gasteiger partial charge in [0.2, 0.25) is 11.2 Å². The highest BCUT2D eigenvalue weighted by molar-refractivity contribution is 5.78. The molecule has 0 bridgehead atoms. The van der Waals surface area contributed by atoms with Crippen LogP contribution in [0.5, 0.6) is 11.6 Å². The van der Waals surface area contributed by atoms with Crippen molar-refractivity contribution in [1.29, 1.82) is 0 Å². The minimum Gasteiger partial charge on any atom is -0.405 e. The summed E-state index contributed by atoms with van der Waals surface area (Å²) in [6.45, 7) is 2.13. The SMILES string of the molecule is Cc1c(Oc2cccc(-c3cccc[n+]3C)[n+]2C)cccc1-c1ccc2ccccc2[n+]1C. The first kappa shape index (κ1) is 20.8. The number of rotatable bonds is 4. The van der Waals surface area contributed by atoms with Crippen LogP contribution in [0.2, 0.25) is 0 Å². The molecule has 0 aliphatic carbocycles. The van der Waals surface area contributed by atoms with E-state index in [2.05, 4.69) is 108 Å². The Hall–Kier alpha value is -4.05. The summed E-state index contributed by atoms with van der Waals surface area (Å²) >= 11 is 0. The van der Waals surface area contributed by atoms with Gasteiger partial charge >= 0.3 is 5.88 Å². The van der Waals surface area contributed by atoms with Gasteiger partial charge in [0.25, 0.3) is 11.4 Å². The molecule has 3 aromatic heterocycles. The monoisotopic (exact) mass is 434 g/mol. The van der Waals surface area contributed by atoms with Gasteiger partial charge in [-0.1, -0.05) is 18.2 Å². The number of pyridine rings is 3. The number of nitrogens with zero attached hydrogens (tertiary/aromatic N) is 3. The van der Waals surface area contributed by atoms with Crippen molar-refractivity contribution in [2.24, 2.45) is 21.1 Å². The molecule has 0 saturated heterocycles. The molecular formula is C29H28N3O+3. The summed E-state index contributed by atoms with van der Waals surface area (Å²) in [5.41, 5.74) is 6.85. The predicted molar refractivity (Wildman–Crippen MR) is 130 cm³/mol. The number of hydrogen-bond donors (Lipinski definition) is 0. The minimum atomic E-state index is 0.791. The molecule has 0 spiro atoms. The molecule has 0 atom stereocenters. The number of para-hydroxylation sites is 1. The van der Waals surface area contributed by atoms with Gasteiger partial charge in [0.15, 0.2) is 6.20 Å². The summed E-state index contributed by atoms with van der Waals surface area (Å²) in [5.74, 6) is 1.64. The third-order valence-electron chi connectivity index (χ3n) is 6.36. The van der Waals surface area contributed by atoms with Crippen LogP contribution in [-0.2, 0) is 21.1 Å². The van der Waals surface area contributed by atoms with Crippen molar-refractivity contribution in [1.82, 2.24) is 0 Å². The van der Waals surface area contributed by atoms with Crippen molar-refractivity contribution in [2.45, 2.75) is 6.92 Å². The molecule has 4 heteroatoms. The third kappa shape index (κ3) is 3.74. The van der Waals surface area contributed by atoms with Crippen LogP contribution in [0, 0.1) is 6.92 Å². The Morgan fingerprint density at radius 2 is 1.36 bits per heavy atom. The van der Waals surface area contributed by atoms with Gasteiger partial charge in [-0.15, -0.1) is 0 Å². The maximum Gasteiger partial charge on any atom is 0.373 e. The van der Waals surface area contributed by atoms with Crippen molar-refractivity contribution in [3.63, 3.8) is 0 Å². The van der Waals surface area contributed by atoms with E-state index >= 15 is 0 Å². The Morgan fingerprint density at radius 1 is 0.606 bits per heavy atom. The molecule has 0 saturated carbocycles. The first-order valence-electron chi connectivity index (χ1n) is 11.1. The van der Waals surface area contributed by atoms with Crippen LogP contribution in [0.25, 0.3) is 33.5 Å². The number of hydrogen-bond acceptors (Lipinski definition) is 1. The fraction of sp³-hybridized carbons (Fsp3) is 0.138. The first-order chi connectivity index (χ1) is 16.0. The standard InChI is InChI=1S/C29H28N3O/c1-21-23(25-19-18-22-11-5-6-13-24(22)31(25)3)12-9-16-28(21)33-29-17-10-15-27(32(29)4)26-14-7-8-20-30(26)2/h5-20H,1-4H3/q+3. The highest BCUT2D eigenvalue weighted by atomic mass is 16.5. The molecule has 3 heterocycles. The lowest BCUT2D eigenvalue weighted by Crippen LogP contribution is -2.39. The van der Waals surface area contributed by atoms with Crippen molar-refractivity contribution in [3.05, 3.63) is 103 Å². The quantitative estimate of drug-likeness (QED) is 0.374.